The summed E-state index contributed by atoms with van der Waals surface area (Å²) in [5, 5.41) is 5.16. The minimum absolute atomic E-state index is 0.0973. The van der Waals surface area contributed by atoms with Crippen LogP contribution in [0, 0.1) is 6.92 Å². The van der Waals surface area contributed by atoms with Crippen LogP contribution in [0.3, 0.4) is 0 Å². The fraction of sp³-hybridized carbons (Fsp3) is 0.143. The molecule has 0 unspecified atom stereocenters. The molecule has 2 aromatic heterocycles. The van der Waals surface area contributed by atoms with E-state index in [0.717, 1.165) is 0 Å². The van der Waals surface area contributed by atoms with E-state index in [-0.39, 0.29) is 5.41 Å². The first-order valence-electron chi connectivity index (χ1n) is 13.1. The molecule has 5 aromatic carbocycles. The predicted octanol–water partition coefficient (Wildman–Crippen LogP) is 9.49. The lowest BCUT2D eigenvalue weighted by atomic mass is 9.84. The molecule has 37 heavy (non-hydrogen) atoms. The van der Waals surface area contributed by atoms with Crippen molar-refractivity contribution in [2.45, 2.75) is 33.1 Å². The van der Waals surface area contributed by atoms with Gasteiger partial charge in [-0.05, 0) is 54.3 Å². The van der Waals surface area contributed by atoms with Crippen LogP contribution >= 0.6 is 0 Å². The van der Waals surface area contributed by atoms with Crippen LogP contribution in [0.5, 0.6) is 0 Å². The van der Waals surface area contributed by atoms with Gasteiger partial charge in [-0.25, -0.2) is 0 Å². The molecular formula is C35H30N2. The fourth-order valence-corrected chi connectivity index (χ4v) is 6.19. The molecule has 180 valence electrons. The number of aromatic nitrogens is 2. The molecule has 0 bridgehead atoms. The van der Waals surface area contributed by atoms with Crippen LogP contribution in [0.2, 0.25) is 0 Å². The predicted molar refractivity (Wildman–Crippen MR) is 159 cm³/mol. The van der Waals surface area contributed by atoms with Crippen LogP contribution in [0.25, 0.3) is 55.0 Å². The van der Waals surface area contributed by atoms with Gasteiger partial charge in [-0.3, -0.25) is 0 Å². The van der Waals surface area contributed by atoms with E-state index in [1.807, 2.05) is 0 Å². The van der Waals surface area contributed by atoms with Gasteiger partial charge in [-0.1, -0.05) is 93.6 Å². The quantitative estimate of drug-likeness (QED) is 0.234. The fourth-order valence-electron chi connectivity index (χ4n) is 6.19. The van der Waals surface area contributed by atoms with E-state index in [0.29, 0.717) is 0 Å². The van der Waals surface area contributed by atoms with Crippen molar-refractivity contribution in [3.63, 3.8) is 0 Å². The van der Waals surface area contributed by atoms with Crippen LogP contribution in [-0.2, 0) is 5.41 Å². The third-order valence-corrected chi connectivity index (χ3v) is 7.66. The van der Waals surface area contributed by atoms with Gasteiger partial charge in [0.05, 0.1) is 33.4 Å². The van der Waals surface area contributed by atoms with Crippen LogP contribution in [0.1, 0.15) is 31.9 Å². The number of benzene rings is 5. The lowest BCUT2D eigenvalue weighted by Crippen LogP contribution is -2.19. The molecule has 0 spiro atoms. The van der Waals surface area contributed by atoms with Crippen LogP contribution in [-0.4, -0.2) is 9.13 Å². The summed E-state index contributed by atoms with van der Waals surface area (Å²) in [6.45, 7) is 9.19. The van der Waals surface area contributed by atoms with E-state index >= 15 is 0 Å². The summed E-state index contributed by atoms with van der Waals surface area (Å²) >= 11 is 0. The normalized spacial score (nSPS) is 12.3. The maximum absolute atomic E-state index is 2.48. The lowest BCUT2D eigenvalue weighted by molar-refractivity contribution is 0.584. The maximum Gasteiger partial charge on any atom is 0.0543 e. The number of para-hydroxylation sites is 3. The highest BCUT2D eigenvalue weighted by atomic mass is 15.0. The molecule has 2 nitrogen and oxygen atoms in total. The Morgan fingerprint density at radius 1 is 0.459 bits per heavy atom. The van der Waals surface area contributed by atoms with Crippen LogP contribution < -0.4 is 0 Å². The Morgan fingerprint density at radius 2 is 0.892 bits per heavy atom. The molecular weight excluding hydrogens is 448 g/mol. The summed E-state index contributed by atoms with van der Waals surface area (Å²) in [6, 6.07) is 40.0. The Kier molecular flexibility index (Phi) is 4.65. The lowest BCUT2D eigenvalue weighted by Gasteiger charge is -2.28. The average Bonchev–Trinajstić information content (AvgIpc) is 3.40. The van der Waals surface area contributed by atoms with E-state index in [1.54, 1.807) is 0 Å². The zero-order valence-electron chi connectivity index (χ0n) is 21.8. The van der Waals surface area contributed by atoms with E-state index in [9.17, 15) is 0 Å². The zero-order valence-corrected chi connectivity index (χ0v) is 21.8. The largest absolute Gasteiger partial charge is 0.309 e. The van der Waals surface area contributed by atoms with Gasteiger partial charge in [0.15, 0.2) is 0 Å². The Balaban J connectivity index is 1.66. The molecule has 0 fully saturated rings. The Hall–Kier alpha value is -4.30. The van der Waals surface area contributed by atoms with Gasteiger partial charge in [0.1, 0.15) is 0 Å². The first kappa shape index (κ1) is 21.9. The second kappa shape index (κ2) is 7.85. The summed E-state index contributed by atoms with van der Waals surface area (Å²) in [5.74, 6) is 0. The summed E-state index contributed by atoms with van der Waals surface area (Å²) in [7, 11) is 0. The second-order valence-electron chi connectivity index (χ2n) is 11.2. The van der Waals surface area contributed by atoms with E-state index in [2.05, 4.69) is 146 Å². The molecule has 0 radical (unpaired) electrons. The SMILES string of the molecule is Cc1ccc2c3ccccc3n(-c3cccc(-n4c5ccccc5c5ccccc54)c3C(C)(C)C)c2c1. The van der Waals surface area contributed by atoms with Crippen molar-refractivity contribution in [2.75, 3.05) is 0 Å². The first-order chi connectivity index (χ1) is 17.9. The Morgan fingerprint density at radius 3 is 1.38 bits per heavy atom. The number of hydrogen-bond acceptors (Lipinski definition) is 0. The first-order valence-corrected chi connectivity index (χ1v) is 13.1. The van der Waals surface area contributed by atoms with Crippen molar-refractivity contribution >= 4 is 43.6 Å². The number of nitrogens with zero attached hydrogens (tertiary/aromatic N) is 2. The Labute approximate surface area is 217 Å². The smallest absolute Gasteiger partial charge is 0.0543 e. The Bertz CT molecular complexity index is 1920. The second-order valence-corrected chi connectivity index (χ2v) is 11.2. The van der Waals surface area contributed by atoms with Gasteiger partial charge in [0, 0.05) is 27.1 Å². The van der Waals surface area contributed by atoms with E-state index in [4.69, 9.17) is 0 Å². The molecule has 0 aliphatic heterocycles. The van der Waals surface area contributed by atoms with Gasteiger partial charge in [-0.15, -0.1) is 0 Å². The van der Waals surface area contributed by atoms with Gasteiger partial charge < -0.3 is 9.13 Å². The number of fused-ring (bicyclic) bond motifs is 6. The molecule has 0 atom stereocenters. The van der Waals surface area contributed by atoms with Crippen molar-refractivity contribution in [1.82, 2.24) is 9.13 Å². The summed E-state index contributed by atoms with van der Waals surface area (Å²) in [6.07, 6.45) is 0. The third-order valence-electron chi connectivity index (χ3n) is 7.66. The minimum Gasteiger partial charge on any atom is -0.309 e. The molecule has 2 heteroatoms. The van der Waals surface area contributed by atoms with E-state index in [1.165, 1.54) is 66.1 Å². The average molecular weight is 479 g/mol. The van der Waals surface area contributed by atoms with Crippen molar-refractivity contribution < 1.29 is 0 Å². The molecule has 7 aromatic rings. The molecule has 0 saturated carbocycles. The van der Waals surface area contributed by atoms with Gasteiger partial charge in [-0.2, -0.15) is 0 Å². The van der Waals surface area contributed by atoms with Crippen LogP contribution in [0.4, 0.5) is 0 Å². The van der Waals surface area contributed by atoms with E-state index < -0.39 is 0 Å². The van der Waals surface area contributed by atoms with Crippen molar-refractivity contribution in [1.29, 1.82) is 0 Å². The minimum atomic E-state index is -0.0973. The highest BCUT2D eigenvalue weighted by Gasteiger charge is 2.27. The van der Waals surface area contributed by atoms with Gasteiger partial charge in [0.25, 0.3) is 0 Å². The molecule has 7 rings (SSSR count). The standard InChI is InChI=1S/C35H30N2/c1-23-20-21-27-26-14-7-10-17-30(26)37(33(27)22-23)32-19-11-18-31(34(32)35(2,3)4)36-28-15-8-5-12-24(28)25-13-6-9-16-29(25)36/h5-22H,1-4H3. The molecule has 0 saturated heterocycles. The van der Waals surface area contributed by atoms with Crippen molar-refractivity contribution in [2.24, 2.45) is 0 Å². The molecule has 0 aliphatic rings. The molecule has 0 amide bonds. The monoisotopic (exact) mass is 478 g/mol. The van der Waals surface area contributed by atoms with Gasteiger partial charge in [0.2, 0.25) is 0 Å². The molecule has 2 heterocycles. The summed E-state index contributed by atoms with van der Waals surface area (Å²) in [4.78, 5) is 0. The topological polar surface area (TPSA) is 9.86 Å². The highest BCUT2D eigenvalue weighted by molar-refractivity contribution is 6.11. The summed E-state index contributed by atoms with van der Waals surface area (Å²) < 4.78 is 4.95. The number of hydrogen-bond donors (Lipinski definition) is 0. The summed E-state index contributed by atoms with van der Waals surface area (Å²) in [5.41, 5.74) is 9.97. The van der Waals surface area contributed by atoms with Crippen molar-refractivity contribution in [3.8, 4) is 11.4 Å². The third kappa shape index (κ3) is 3.18. The molecule has 0 aliphatic carbocycles. The maximum atomic E-state index is 2.48. The molecule has 0 N–H and O–H groups in total. The highest BCUT2D eigenvalue weighted by Crippen LogP contribution is 2.41. The van der Waals surface area contributed by atoms with Gasteiger partial charge >= 0.3 is 0 Å². The number of rotatable bonds is 2. The van der Waals surface area contributed by atoms with Crippen LogP contribution in [0.15, 0.2) is 109 Å². The zero-order chi connectivity index (χ0) is 25.3. The van der Waals surface area contributed by atoms with Crippen molar-refractivity contribution in [3.05, 3.63) is 120 Å². The number of aryl methyl sites for hydroxylation is 1.